The molecule has 0 radical (unpaired) electrons. The third-order valence-electron chi connectivity index (χ3n) is 2.62. The maximum Gasteiger partial charge on any atom is 0.251 e. The molecule has 4 nitrogen and oxygen atoms in total. The first-order chi connectivity index (χ1) is 9.24. The quantitative estimate of drug-likeness (QED) is 0.764. The average Bonchev–Trinajstić information content (AvgIpc) is 2.89. The lowest BCUT2D eigenvalue weighted by molar-refractivity contribution is 0.475. The lowest BCUT2D eigenvalue weighted by Crippen LogP contribution is -1.82. The summed E-state index contributed by atoms with van der Waals surface area (Å²) in [7, 11) is 0. The van der Waals surface area contributed by atoms with E-state index in [2.05, 4.69) is 10.2 Å². The van der Waals surface area contributed by atoms with Crippen molar-refractivity contribution in [3.63, 3.8) is 0 Å². The van der Waals surface area contributed by atoms with E-state index in [0.717, 1.165) is 0 Å². The van der Waals surface area contributed by atoms with E-state index in [-0.39, 0.29) is 23.1 Å². The molecule has 3 rings (SSSR count). The highest BCUT2D eigenvalue weighted by molar-refractivity contribution is 5.59. The van der Waals surface area contributed by atoms with Crippen LogP contribution in [0.25, 0.3) is 22.9 Å². The molecule has 0 spiro atoms. The van der Waals surface area contributed by atoms with Crippen LogP contribution in [-0.4, -0.2) is 15.3 Å². The Balaban J connectivity index is 2.03. The summed E-state index contributed by atoms with van der Waals surface area (Å²) in [6, 6.07) is 12.6. The first-order valence-corrected chi connectivity index (χ1v) is 5.62. The fourth-order valence-electron chi connectivity index (χ4n) is 1.72. The summed E-state index contributed by atoms with van der Waals surface area (Å²) in [5, 5.41) is 17.1. The Bertz CT molecular complexity index is 725. The van der Waals surface area contributed by atoms with Gasteiger partial charge in [-0.3, -0.25) is 0 Å². The summed E-state index contributed by atoms with van der Waals surface area (Å²) in [6.07, 6.45) is 0. The molecular formula is C14H9FN2O2. The van der Waals surface area contributed by atoms with E-state index in [1.54, 1.807) is 30.3 Å². The molecule has 1 heterocycles. The predicted octanol–water partition coefficient (Wildman–Crippen LogP) is 3.25. The molecule has 5 heteroatoms. The van der Waals surface area contributed by atoms with Crippen LogP contribution < -0.4 is 0 Å². The van der Waals surface area contributed by atoms with Gasteiger partial charge in [-0.15, -0.1) is 10.2 Å². The number of nitrogens with zero attached hydrogens (tertiary/aromatic N) is 2. The Kier molecular flexibility index (Phi) is 2.72. The molecule has 0 fully saturated rings. The Morgan fingerprint density at radius 2 is 1.74 bits per heavy atom. The Hall–Kier alpha value is -2.69. The number of phenolic OH excluding ortho intramolecular Hbond substituents is 1. The molecule has 2 aromatic carbocycles. The number of hydrogen-bond acceptors (Lipinski definition) is 4. The van der Waals surface area contributed by atoms with Crippen molar-refractivity contribution in [2.75, 3.05) is 0 Å². The van der Waals surface area contributed by atoms with Gasteiger partial charge in [0.05, 0.1) is 5.56 Å². The van der Waals surface area contributed by atoms with Crippen molar-refractivity contribution in [1.82, 2.24) is 10.2 Å². The van der Waals surface area contributed by atoms with Crippen LogP contribution in [0.4, 0.5) is 4.39 Å². The molecule has 0 aliphatic rings. The largest absolute Gasteiger partial charge is 0.508 e. The molecule has 0 aliphatic heterocycles. The molecule has 19 heavy (non-hydrogen) atoms. The molecule has 1 N–H and O–H groups in total. The zero-order chi connectivity index (χ0) is 13.2. The van der Waals surface area contributed by atoms with Gasteiger partial charge in [0.1, 0.15) is 11.6 Å². The second-order valence-corrected chi connectivity index (χ2v) is 3.94. The van der Waals surface area contributed by atoms with E-state index in [0.29, 0.717) is 5.56 Å². The normalized spacial score (nSPS) is 10.6. The van der Waals surface area contributed by atoms with Crippen molar-refractivity contribution in [3.05, 3.63) is 54.3 Å². The number of aromatic hydroxyl groups is 1. The van der Waals surface area contributed by atoms with Crippen molar-refractivity contribution in [2.24, 2.45) is 0 Å². The summed E-state index contributed by atoms with van der Waals surface area (Å²) in [5.74, 6) is 0.0161. The van der Waals surface area contributed by atoms with E-state index in [4.69, 9.17) is 4.42 Å². The molecule has 94 valence electrons. The number of hydrogen-bond donors (Lipinski definition) is 1. The van der Waals surface area contributed by atoms with Crippen LogP contribution >= 0.6 is 0 Å². The molecule has 0 aliphatic carbocycles. The molecule has 0 saturated carbocycles. The van der Waals surface area contributed by atoms with Gasteiger partial charge >= 0.3 is 0 Å². The smallest absolute Gasteiger partial charge is 0.251 e. The molecule has 0 bridgehead atoms. The summed E-state index contributed by atoms with van der Waals surface area (Å²) >= 11 is 0. The number of benzene rings is 2. The van der Waals surface area contributed by atoms with E-state index in [1.807, 2.05) is 0 Å². The van der Waals surface area contributed by atoms with Crippen LogP contribution in [0.1, 0.15) is 0 Å². The molecule has 3 aromatic rings. The molecular weight excluding hydrogens is 247 g/mol. The minimum atomic E-state index is -0.423. The van der Waals surface area contributed by atoms with E-state index in [9.17, 15) is 9.50 Å². The number of rotatable bonds is 2. The molecule has 1 aromatic heterocycles. The highest BCUT2D eigenvalue weighted by Crippen LogP contribution is 2.26. The maximum atomic E-state index is 13.6. The highest BCUT2D eigenvalue weighted by atomic mass is 19.1. The second kappa shape index (κ2) is 4.53. The highest BCUT2D eigenvalue weighted by Gasteiger charge is 2.13. The number of phenols is 1. The summed E-state index contributed by atoms with van der Waals surface area (Å²) in [6.45, 7) is 0. The SMILES string of the molecule is Oc1cccc(-c2nnc(-c3ccccc3F)o2)c1. The Morgan fingerprint density at radius 1 is 0.947 bits per heavy atom. The van der Waals surface area contributed by atoms with E-state index in [1.165, 1.54) is 18.2 Å². The van der Waals surface area contributed by atoms with E-state index >= 15 is 0 Å². The minimum absolute atomic E-state index is 0.100. The third kappa shape index (κ3) is 2.18. The van der Waals surface area contributed by atoms with Gasteiger partial charge < -0.3 is 9.52 Å². The van der Waals surface area contributed by atoms with Gasteiger partial charge in [0.25, 0.3) is 5.89 Å². The summed E-state index contributed by atoms with van der Waals surface area (Å²) in [4.78, 5) is 0. The van der Waals surface area contributed by atoms with Gasteiger partial charge in [-0.25, -0.2) is 4.39 Å². The van der Waals surface area contributed by atoms with Crippen LogP contribution in [0.15, 0.2) is 52.9 Å². The average molecular weight is 256 g/mol. The van der Waals surface area contributed by atoms with Gasteiger partial charge in [0.15, 0.2) is 0 Å². The first kappa shape index (κ1) is 11.4. The van der Waals surface area contributed by atoms with Crippen molar-refractivity contribution in [1.29, 1.82) is 0 Å². The topological polar surface area (TPSA) is 59.2 Å². The van der Waals surface area contributed by atoms with Crippen molar-refractivity contribution in [3.8, 4) is 28.7 Å². The summed E-state index contributed by atoms with van der Waals surface area (Å²) < 4.78 is 19.0. The van der Waals surface area contributed by atoms with Gasteiger partial charge in [-0.1, -0.05) is 18.2 Å². The predicted molar refractivity (Wildman–Crippen MR) is 66.8 cm³/mol. The Morgan fingerprint density at radius 3 is 2.53 bits per heavy atom. The molecule has 0 saturated heterocycles. The zero-order valence-corrected chi connectivity index (χ0v) is 9.75. The Labute approximate surface area is 108 Å². The van der Waals surface area contributed by atoms with Crippen molar-refractivity contribution < 1.29 is 13.9 Å². The number of halogens is 1. The van der Waals surface area contributed by atoms with Crippen molar-refractivity contribution >= 4 is 0 Å². The minimum Gasteiger partial charge on any atom is -0.508 e. The van der Waals surface area contributed by atoms with Crippen LogP contribution in [0, 0.1) is 5.82 Å². The molecule has 0 atom stereocenters. The maximum absolute atomic E-state index is 13.6. The third-order valence-corrected chi connectivity index (χ3v) is 2.62. The zero-order valence-electron chi connectivity index (χ0n) is 9.75. The molecule has 0 amide bonds. The molecule has 0 unspecified atom stereocenters. The van der Waals surface area contributed by atoms with Gasteiger partial charge in [-0.2, -0.15) is 0 Å². The lowest BCUT2D eigenvalue weighted by Gasteiger charge is -1.97. The fourth-order valence-corrected chi connectivity index (χ4v) is 1.72. The van der Waals surface area contributed by atoms with Crippen LogP contribution in [0.5, 0.6) is 5.75 Å². The van der Waals surface area contributed by atoms with Gasteiger partial charge in [-0.05, 0) is 30.3 Å². The fraction of sp³-hybridized carbons (Fsp3) is 0. The first-order valence-electron chi connectivity index (χ1n) is 5.62. The van der Waals surface area contributed by atoms with Gasteiger partial charge in [0, 0.05) is 5.56 Å². The summed E-state index contributed by atoms with van der Waals surface area (Å²) in [5.41, 5.74) is 0.830. The standard InChI is InChI=1S/C14H9FN2O2/c15-12-7-2-1-6-11(12)14-17-16-13(19-14)9-4-3-5-10(18)8-9/h1-8,18H. The van der Waals surface area contributed by atoms with Crippen LogP contribution in [0.3, 0.4) is 0 Å². The lowest BCUT2D eigenvalue weighted by atomic mass is 10.2. The van der Waals surface area contributed by atoms with Crippen LogP contribution in [-0.2, 0) is 0 Å². The second-order valence-electron chi connectivity index (χ2n) is 3.94. The monoisotopic (exact) mass is 256 g/mol. The van der Waals surface area contributed by atoms with Gasteiger partial charge in [0.2, 0.25) is 5.89 Å². The number of aromatic nitrogens is 2. The van der Waals surface area contributed by atoms with Crippen molar-refractivity contribution in [2.45, 2.75) is 0 Å². The van der Waals surface area contributed by atoms with Crippen LogP contribution in [0.2, 0.25) is 0 Å². The van der Waals surface area contributed by atoms with E-state index < -0.39 is 5.82 Å².